The van der Waals surface area contributed by atoms with Crippen molar-refractivity contribution < 1.29 is 14.3 Å². The first kappa shape index (κ1) is 16.4. The number of ether oxygens (including phenoxy) is 2. The largest absolute Gasteiger partial charge is 0.497 e. The fourth-order valence-corrected chi connectivity index (χ4v) is 1.52. The summed E-state index contributed by atoms with van der Waals surface area (Å²) in [6, 6.07) is 6.41. The third-order valence-corrected chi connectivity index (χ3v) is 2.62. The molecule has 0 saturated carbocycles. The molecule has 0 aliphatic rings. The Labute approximate surface area is 126 Å². The Morgan fingerprint density at radius 3 is 2.37 bits per heavy atom. The number of hydrogen-bond donors (Lipinski definition) is 1. The van der Waals surface area contributed by atoms with Gasteiger partial charge in [0.25, 0.3) is 0 Å². The number of carbonyl (C=O) groups is 1. The molecule has 1 rings (SSSR count). The standard InChI is InChI=1S/C12H14Cl3NO3/c1-18-9-4-2-8(3-5-9)6-10(16)11(17)19-7-12(13,14)15/h2-5,10H,6-7,16H2,1H3/t10-/m1/s1. The highest BCUT2D eigenvalue weighted by molar-refractivity contribution is 6.67. The van der Waals surface area contributed by atoms with Crippen molar-refractivity contribution in [3.8, 4) is 5.75 Å². The Bertz CT molecular complexity index is 417. The van der Waals surface area contributed by atoms with Crippen LogP contribution in [0.2, 0.25) is 0 Å². The monoisotopic (exact) mass is 325 g/mol. The molecule has 0 unspecified atom stereocenters. The molecule has 1 atom stereocenters. The number of halogens is 3. The maximum Gasteiger partial charge on any atom is 0.323 e. The van der Waals surface area contributed by atoms with Crippen LogP contribution < -0.4 is 10.5 Å². The van der Waals surface area contributed by atoms with Crippen molar-refractivity contribution in [2.75, 3.05) is 13.7 Å². The molecular weight excluding hydrogens is 312 g/mol. The van der Waals surface area contributed by atoms with E-state index in [0.717, 1.165) is 11.3 Å². The van der Waals surface area contributed by atoms with Crippen LogP contribution in [0.5, 0.6) is 5.75 Å². The number of nitrogens with two attached hydrogens (primary N) is 1. The summed E-state index contributed by atoms with van der Waals surface area (Å²) in [7, 11) is 1.58. The van der Waals surface area contributed by atoms with Gasteiger partial charge in [-0.1, -0.05) is 46.9 Å². The van der Waals surface area contributed by atoms with Gasteiger partial charge >= 0.3 is 5.97 Å². The van der Waals surface area contributed by atoms with Crippen molar-refractivity contribution in [2.24, 2.45) is 5.73 Å². The van der Waals surface area contributed by atoms with Gasteiger partial charge in [-0.3, -0.25) is 4.79 Å². The van der Waals surface area contributed by atoms with Crippen molar-refractivity contribution in [2.45, 2.75) is 16.3 Å². The first-order chi connectivity index (χ1) is 8.81. The molecule has 1 aromatic carbocycles. The second-order valence-corrected chi connectivity index (χ2v) is 6.40. The number of hydrogen-bond acceptors (Lipinski definition) is 4. The zero-order chi connectivity index (χ0) is 14.5. The molecule has 4 nitrogen and oxygen atoms in total. The molecule has 0 fully saturated rings. The predicted molar refractivity (Wildman–Crippen MR) is 75.9 cm³/mol. The summed E-state index contributed by atoms with van der Waals surface area (Å²) in [4.78, 5) is 11.6. The van der Waals surface area contributed by atoms with Crippen LogP contribution in [0.15, 0.2) is 24.3 Å². The van der Waals surface area contributed by atoms with Gasteiger partial charge in [-0.15, -0.1) is 0 Å². The SMILES string of the molecule is COc1ccc(C[C@@H](N)C(=O)OCC(Cl)(Cl)Cl)cc1. The lowest BCUT2D eigenvalue weighted by Crippen LogP contribution is -2.36. The zero-order valence-electron chi connectivity index (χ0n) is 10.2. The molecular formula is C12H14Cl3NO3. The Hall–Kier alpha value is -0.680. The van der Waals surface area contributed by atoms with E-state index in [-0.39, 0.29) is 6.61 Å². The maximum absolute atomic E-state index is 11.6. The van der Waals surface area contributed by atoms with E-state index >= 15 is 0 Å². The molecule has 0 bridgehead atoms. The number of esters is 1. The molecule has 1 aromatic rings. The summed E-state index contributed by atoms with van der Waals surface area (Å²) in [5, 5.41) is 0. The maximum atomic E-state index is 11.6. The van der Waals surface area contributed by atoms with E-state index in [9.17, 15) is 4.79 Å². The quantitative estimate of drug-likeness (QED) is 0.667. The van der Waals surface area contributed by atoms with E-state index in [1.165, 1.54) is 0 Å². The van der Waals surface area contributed by atoms with Gasteiger partial charge in [-0.25, -0.2) is 0 Å². The van der Waals surface area contributed by atoms with Crippen molar-refractivity contribution in [3.63, 3.8) is 0 Å². The van der Waals surface area contributed by atoms with Crippen molar-refractivity contribution in [3.05, 3.63) is 29.8 Å². The summed E-state index contributed by atoms with van der Waals surface area (Å²) in [6.45, 7) is -0.327. The van der Waals surface area contributed by atoms with Crippen LogP contribution in [0.25, 0.3) is 0 Å². The molecule has 0 amide bonds. The molecule has 2 N–H and O–H groups in total. The van der Waals surface area contributed by atoms with Crippen LogP contribution in [0.3, 0.4) is 0 Å². The van der Waals surface area contributed by atoms with Gasteiger partial charge in [-0.05, 0) is 24.1 Å². The molecule has 106 valence electrons. The first-order valence-corrected chi connectivity index (χ1v) is 6.57. The van der Waals surface area contributed by atoms with E-state index in [0.29, 0.717) is 6.42 Å². The molecule has 0 aromatic heterocycles. The van der Waals surface area contributed by atoms with Gasteiger partial charge in [0.15, 0.2) is 0 Å². The van der Waals surface area contributed by atoms with Gasteiger partial charge < -0.3 is 15.2 Å². The topological polar surface area (TPSA) is 61.5 Å². The minimum absolute atomic E-state index is 0.327. The number of rotatable bonds is 5. The average Bonchev–Trinajstić information content (AvgIpc) is 2.36. The van der Waals surface area contributed by atoms with Crippen LogP contribution >= 0.6 is 34.8 Å². The van der Waals surface area contributed by atoms with Crippen LogP contribution in [0.1, 0.15) is 5.56 Å². The Kier molecular flexibility index (Phi) is 6.20. The minimum atomic E-state index is -1.63. The fourth-order valence-electron chi connectivity index (χ4n) is 1.36. The third kappa shape index (κ3) is 6.34. The summed E-state index contributed by atoms with van der Waals surface area (Å²) >= 11 is 16.4. The van der Waals surface area contributed by atoms with E-state index in [2.05, 4.69) is 0 Å². The lowest BCUT2D eigenvalue weighted by Gasteiger charge is -2.15. The normalized spacial score (nSPS) is 12.9. The Balaban J connectivity index is 2.49. The smallest absolute Gasteiger partial charge is 0.323 e. The molecule has 0 saturated heterocycles. The van der Waals surface area contributed by atoms with Gasteiger partial charge in [-0.2, -0.15) is 0 Å². The fraction of sp³-hybridized carbons (Fsp3) is 0.417. The molecule has 7 heteroatoms. The van der Waals surface area contributed by atoms with Crippen molar-refractivity contribution in [1.82, 2.24) is 0 Å². The zero-order valence-corrected chi connectivity index (χ0v) is 12.5. The molecule has 0 radical (unpaired) electrons. The highest BCUT2D eigenvalue weighted by Crippen LogP contribution is 2.26. The summed E-state index contributed by atoms with van der Waals surface area (Å²) in [6.07, 6.45) is 0.336. The minimum Gasteiger partial charge on any atom is -0.497 e. The summed E-state index contributed by atoms with van der Waals surface area (Å²) in [5.74, 6) is 0.123. The highest BCUT2D eigenvalue weighted by Gasteiger charge is 2.24. The predicted octanol–water partition coefficient (Wildman–Crippen LogP) is 2.48. The Morgan fingerprint density at radius 1 is 1.32 bits per heavy atom. The molecule has 0 aliphatic heterocycles. The van der Waals surface area contributed by atoms with Crippen LogP contribution in [-0.2, 0) is 16.0 Å². The van der Waals surface area contributed by atoms with Crippen molar-refractivity contribution in [1.29, 1.82) is 0 Å². The Morgan fingerprint density at radius 2 is 1.89 bits per heavy atom. The van der Waals surface area contributed by atoms with Crippen LogP contribution in [-0.4, -0.2) is 29.5 Å². The average molecular weight is 327 g/mol. The van der Waals surface area contributed by atoms with Crippen molar-refractivity contribution >= 4 is 40.8 Å². The second-order valence-electron chi connectivity index (χ2n) is 3.88. The second kappa shape index (κ2) is 7.20. The van der Waals surface area contributed by atoms with E-state index in [1.54, 1.807) is 19.2 Å². The van der Waals surface area contributed by atoms with E-state index in [4.69, 9.17) is 50.0 Å². The number of methoxy groups -OCH3 is 1. The lowest BCUT2D eigenvalue weighted by atomic mass is 10.1. The molecule has 19 heavy (non-hydrogen) atoms. The molecule has 0 spiro atoms. The van der Waals surface area contributed by atoms with Gasteiger partial charge in [0.2, 0.25) is 3.79 Å². The molecule has 0 aliphatic carbocycles. The van der Waals surface area contributed by atoms with Gasteiger partial charge in [0, 0.05) is 0 Å². The highest BCUT2D eigenvalue weighted by atomic mass is 35.6. The summed E-state index contributed by atoms with van der Waals surface area (Å²) in [5.41, 5.74) is 6.60. The number of carbonyl (C=O) groups excluding carboxylic acids is 1. The summed E-state index contributed by atoms with van der Waals surface area (Å²) < 4.78 is 8.20. The number of alkyl halides is 3. The third-order valence-electron chi connectivity index (χ3n) is 2.30. The van der Waals surface area contributed by atoms with Crippen LogP contribution in [0, 0.1) is 0 Å². The lowest BCUT2D eigenvalue weighted by molar-refractivity contribution is -0.145. The van der Waals surface area contributed by atoms with E-state index in [1.807, 2.05) is 12.1 Å². The van der Waals surface area contributed by atoms with Crippen LogP contribution in [0.4, 0.5) is 0 Å². The van der Waals surface area contributed by atoms with E-state index < -0.39 is 15.8 Å². The number of benzene rings is 1. The van der Waals surface area contributed by atoms with Gasteiger partial charge in [0.1, 0.15) is 18.4 Å². The first-order valence-electron chi connectivity index (χ1n) is 5.43. The molecule has 0 heterocycles. The van der Waals surface area contributed by atoms with Gasteiger partial charge in [0.05, 0.1) is 7.11 Å².